The Morgan fingerprint density at radius 2 is 1.91 bits per heavy atom. The van der Waals surface area contributed by atoms with Crippen LogP contribution in [0.3, 0.4) is 0 Å². The highest BCUT2D eigenvalue weighted by molar-refractivity contribution is 9.10. The summed E-state index contributed by atoms with van der Waals surface area (Å²) in [5.74, 6) is 0.294. The predicted molar refractivity (Wildman–Crippen MR) is 135 cm³/mol. The second kappa shape index (κ2) is 10.7. The van der Waals surface area contributed by atoms with Crippen molar-refractivity contribution >= 4 is 51.2 Å². The van der Waals surface area contributed by atoms with E-state index >= 15 is 0 Å². The molecule has 178 valence electrons. The van der Waals surface area contributed by atoms with E-state index in [0.29, 0.717) is 34.7 Å². The number of hydrogen-bond acceptors (Lipinski definition) is 7. The monoisotopic (exact) mass is 556 g/mol. The lowest BCUT2D eigenvalue weighted by Crippen LogP contribution is -2.06. The molecule has 1 aliphatic heterocycles. The smallest absolute Gasteiger partial charge is 0.363 e. The molecule has 0 aromatic heterocycles. The molecule has 0 bridgehead atoms. The second-order valence-electron chi connectivity index (χ2n) is 7.30. The highest BCUT2D eigenvalue weighted by atomic mass is 79.9. The van der Waals surface area contributed by atoms with Crippen LogP contribution in [-0.2, 0) is 16.1 Å². The summed E-state index contributed by atoms with van der Waals surface area (Å²) in [6.07, 6.45) is 1.54. The summed E-state index contributed by atoms with van der Waals surface area (Å²) in [6.45, 7) is 2.62. The first kappa shape index (κ1) is 24.4. The lowest BCUT2D eigenvalue weighted by Gasteiger charge is -2.15. The number of esters is 1. The van der Waals surface area contributed by atoms with Crippen molar-refractivity contribution in [1.82, 2.24) is 0 Å². The highest BCUT2D eigenvalue weighted by Crippen LogP contribution is 2.38. The van der Waals surface area contributed by atoms with E-state index in [0.717, 1.165) is 5.56 Å². The van der Waals surface area contributed by atoms with Gasteiger partial charge in [0, 0.05) is 11.6 Å². The Morgan fingerprint density at radius 1 is 1.14 bits per heavy atom. The van der Waals surface area contributed by atoms with Crippen molar-refractivity contribution in [1.29, 1.82) is 0 Å². The predicted octanol–water partition coefficient (Wildman–Crippen LogP) is 6.33. The molecule has 0 aliphatic carbocycles. The maximum absolute atomic E-state index is 12.4. The van der Waals surface area contributed by atoms with Gasteiger partial charge in [0.1, 0.15) is 11.6 Å². The summed E-state index contributed by atoms with van der Waals surface area (Å²) in [5, 5.41) is 11.1. The Labute approximate surface area is 214 Å². The zero-order valence-corrected chi connectivity index (χ0v) is 20.7. The quantitative estimate of drug-likeness (QED) is 0.139. The second-order valence-corrected chi connectivity index (χ2v) is 8.56. The SMILES string of the molecule is CCOc1cc(/C=C2\N=C(c3ccc(Cl)c([N+](=O)[O-])c3)OC2=O)cc(Br)c1OCc1ccccc1. The Morgan fingerprint density at radius 3 is 2.63 bits per heavy atom. The molecule has 3 aromatic rings. The Kier molecular flexibility index (Phi) is 7.48. The Balaban J connectivity index is 1.63. The molecule has 0 atom stereocenters. The number of rotatable bonds is 8. The average molecular weight is 558 g/mol. The average Bonchev–Trinajstić information content (AvgIpc) is 3.19. The van der Waals surface area contributed by atoms with E-state index in [-0.39, 0.29) is 27.9 Å². The van der Waals surface area contributed by atoms with Gasteiger partial charge < -0.3 is 14.2 Å². The van der Waals surface area contributed by atoms with Gasteiger partial charge in [-0.3, -0.25) is 10.1 Å². The minimum absolute atomic E-state index is 0.0256. The molecular weight excluding hydrogens is 540 g/mol. The van der Waals surface area contributed by atoms with Crippen LogP contribution >= 0.6 is 27.5 Å². The molecule has 8 nitrogen and oxygen atoms in total. The third-order valence-electron chi connectivity index (χ3n) is 4.87. The van der Waals surface area contributed by atoms with E-state index in [4.69, 9.17) is 25.8 Å². The minimum atomic E-state index is -0.684. The van der Waals surface area contributed by atoms with E-state index in [1.54, 1.807) is 12.1 Å². The first-order valence-electron chi connectivity index (χ1n) is 10.5. The molecule has 0 radical (unpaired) electrons. The Bertz CT molecular complexity index is 1360. The van der Waals surface area contributed by atoms with Crippen molar-refractivity contribution in [2.45, 2.75) is 13.5 Å². The van der Waals surface area contributed by atoms with Crippen LogP contribution in [0, 0.1) is 10.1 Å². The standard InChI is InChI=1S/C25H18BrClN2O6/c1-2-33-22-12-16(10-18(26)23(22)34-14-15-6-4-3-5-7-15)11-20-25(30)35-24(28-20)17-8-9-19(27)21(13-17)29(31)32/h3-13H,2,14H2,1H3/b20-11-. The number of cyclic esters (lactones) is 1. The molecule has 1 aliphatic rings. The maximum Gasteiger partial charge on any atom is 0.363 e. The van der Waals surface area contributed by atoms with Crippen molar-refractivity contribution < 1.29 is 23.9 Å². The third-order valence-corrected chi connectivity index (χ3v) is 5.78. The zero-order valence-electron chi connectivity index (χ0n) is 18.4. The molecular formula is C25H18BrClN2O6. The minimum Gasteiger partial charge on any atom is -0.490 e. The first-order chi connectivity index (χ1) is 16.9. The summed E-state index contributed by atoms with van der Waals surface area (Å²) in [5.41, 5.74) is 1.61. The number of benzene rings is 3. The van der Waals surface area contributed by atoms with Gasteiger partial charge in [0.2, 0.25) is 5.90 Å². The van der Waals surface area contributed by atoms with Crippen LogP contribution in [0.5, 0.6) is 11.5 Å². The van der Waals surface area contributed by atoms with Crippen molar-refractivity contribution in [3.8, 4) is 11.5 Å². The molecule has 10 heteroatoms. The van der Waals surface area contributed by atoms with E-state index in [2.05, 4.69) is 20.9 Å². The fourth-order valence-electron chi connectivity index (χ4n) is 3.28. The number of nitro benzene ring substituents is 1. The fraction of sp³-hybridized carbons (Fsp3) is 0.120. The normalized spacial score (nSPS) is 14.0. The van der Waals surface area contributed by atoms with E-state index < -0.39 is 10.9 Å². The number of ether oxygens (including phenoxy) is 3. The van der Waals surface area contributed by atoms with Crippen molar-refractivity contribution in [3.05, 3.63) is 103 Å². The highest BCUT2D eigenvalue weighted by Gasteiger charge is 2.26. The largest absolute Gasteiger partial charge is 0.490 e. The maximum atomic E-state index is 12.4. The lowest BCUT2D eigenvalue weighted by molar-refractivity contribution is -0.384. The van der Waals surface area contributed by atoms with Crippen LogP contribution in [0.1, 0.15) is 23.6 Å². The Hall–Kier alpha value is -3.69. The molecule has 0 N–H and O–H groups in total. The van der Waals surface area contributed by atoms with Gasteiger partial charge in [-0.25, -0.2) is 9.79 Å². The van der Waals surface area contributed by atoms with Crippen molar-refractivity contribution in [2.75, 3.05) is 6.61 Å². The van der Waals surface area contributed by atoms with Gasteiger partial charge in [-0.2, -0.15) is 0 Å². The van der Waals surface area contributed by atoms with Gasteiger partial charge >= 0.3 is 5.97 Å². The molecule has 1 heterocycles. The molecule has 4 rings (SSSR count). The van der Waals surface area contributed by atoms with Crippen molar-refractivity contribution in [3.63, 3.8) is 0 Å². The summed E-state index contributed by atoms with van der Waals surface area (Å²) in [4.78, 5) is 27.2. The van der Waals surface area contributed by atoms with E-state index in [1.165, 1.54) is 24.3 Å². The van der Waals surface area contributed by atoms with Crippen LogP contribution < -0.4 is 9.47 Å². The summed E-state index contributed by atoms with van der Waals surface area (Å²) < 4.78 is 17.6. The number of nitrogens with zero attached hydrogens (tertiary/aromatic N) is 2. The fourth-order valence-corrected chi connectivity index (χ4v) is 4.04. The first-order valence-corrected chi connectivity index (χ1v) is 11.6. The summed E-state index contributed by atoms with van der Waals surface area (Å²) in [7, 11) is 0. The molecule has 0 amide bonds. The van der Waals surface area contributed by atoms with Gasteiger partial charge in [-0.1, -0.05) is 41.9 Å². The van der Waals surface area contributed by atoms with Gasteiger partial charge in [0.05, 0.1) is 16.0 Å². The molecule has 0 unspecified atom stereocenters. The van der Waals surface area contributed by atoms with Crippen molar-refractivity contribution in [2.24, 2.45) is 4.99 Å². The van der Waals surface area contributed by atoms with Crippen LogP contribution in [0.2, 0.25) is 5.02 Å². The summed E-state index contributed by atoms with van der Waals surface area (Å²) in [6, 6.07) is 17.3. The topological polar surface area (TPSA) is 100 Å². The van der Waals surface area contributed by atoms with Crippen LogP contribution in [-0.4, -0.2) is 23.4 Å². The molecule has 0 spiro atoms. The number of carbonyl (C=O) groups excluding carboxylic acids is 1. The lowest BCUT2D eigenvalue weighted by atomic mass is 10.1. The van der Waals surface area contributed by atoms with Crippen LogP contribution in [0.25, 0.3) is 6.08 Å². The molecule has 0 saturated heterocycles. The number of halogens is 2. The van der Waals surface area contributed by atoms with E-state index in [1.807, 2.05) is 37.3 Å². The zero-order chi connectivity index (χ0) is 24.9. The van der Waals surface area contributed by atoms with Crippen LogP contribution in [0.15, 0.2) is 75.8 Å². The van der Waals surface area contributed by atoms with Gasteiger partial charge in [-0.15, -0.1) is 0 Å². The number of aliphatic imine (C=N–C) groups is 1. The molecule has 0 saturated carbocycles. The number of nitro groups is 1. The number of carbonyl (C=O) groups is 1. The molecule has 35 heavy (non-hydrogen) atoms. The summed E-state index contributed by atoms with van der Waals surface area (Å²) >= 11 is 9.38. The van der Waals surface area contributed by atoms with Gasteiger partial charge in [-0.05, 0) is 64.3 Å². The molecule has 0 fully saturated rings. The van der Waals surface area contributed by atoms with E-state index in [9.17, 15) is 14.9 Å². The van der Waals surface area contributed by atoms with Gasteiger partial charge in [0.25, 0.3) is 5.69 Å². The van der Waals surface area contributed by atoms with Gasteiger partial charge in [0.15, 0.2) is 17.2 Å². The number of hydrogen-bond donors (Lipinski definition) is 0. The van der Waals surface area contributed by atoms with Crippen LogP contribution in [0.4, 0.5) is 5.69 Å². The third kappa shape index (κ3) is 5.70. The molecule has 3 aromatic carbocycles.